The second-order valence-electron chi connectivity index (χ2n) is 8.45. The number of nitrogens with one attached hydrogen (secondary N) is 3. The molecule has 4 atom stereocenters. The number of carbonyl (C=O) groups is 4. The molecule has 0 bridgehead atoms. The number of methoxy groups -OCH3 is 2. The number of primary amides is 1. The Bertz CT molecular complexity index is 906. The lowest BCUT2D eigenvalue weighted by atomic mass is 9.97. The van der Waals surface area contributed by atoms with E-state index in [1.807, 2.05) is 20.8 Å². The highest BCUT2D eigenvalue weighted by Gasteiger charge is 2.31. The normalized spacial score (nSPS) is 14.1. The summed E-state index contributed by atoms with van der Waals surface area (Å²) >= 11 is 0. The van der Waals surface area contributed by atoms with Gasteiger partial charge in [0.1, 0.15) is 12.1 Å². The van der Waals surface area contributed by atoms with Gasteiger partial charge in [-0.3, -0.25) is 14.4 Å². The van der Waals surface area contributed by atoms with E-state index in [4.69, 9.17) is 15.2 Å². The molecule has 1 aromatic rings. The third-order valence-corrected chi connectivity index (χ3v) is 5.86. The minimum absolute atomic E-state index is 0.0508. The molecule has 0 aliphatic heterocycles. The largest absolute Gasteiger partial charge is 0.493 e. The molecule has 6 N–H and O–H groups in total. The Labute approximate surface area is 206 Å². The number of benzene rings is 1. The summed E-state index contributed by atoms with van der Waals surface area (Å²) in [5.41, 5.74) is 5.85. The highest BCUT2D eigenvalue weighted by Crippen LogP contribution is 2.34. The molecule has 35 heavy (non-hydrogen) atoms. The van der Waals surface area contributed by atoms with E-state index in [0.29, 0.717) is 23.6 Å². The summed E-state index contributed by atoms with van der Waals surface area (Å²) in [6.07, 6.45) is 0.987. The topological polar surface area (TPSA) is 169 Å². The number of rotatable bonds is 15. The standard InChI is InChI=1S/C24H38N4O7/c1-7-13(3)21(23(31)27-16(24(32)33)9-10-20(25)29)28-22(30)15-11-18(34-5)19(35-6)12-17(15)26-14(4)8-2/h11-14,16,21,26H,7-10H2,1-6H3,(H2,25,29)(H,27,31)(H,28,30)(H,32,33)/t13?,14?,16-,21-/m1/s1. The second kappa shape index (κ2) is 14.0. The Morgan fingerprint density at radius 2 is 1.60 bits per heavy atom. The SMILES string of the molecule is CCC(C)Nc1cc(OC)c(OC)cc1C(=O)N[C@@H](C(=O)N[C@H](CCC(N)=O)C(=O)O)C(C)CC. The van der Waals surface area contributed by atoms with Gasteiger partial charge in [0, 0.05) is 18.5 Å². The molecule has 0 spiro atoms. The lowest BCUT2D eigenvalue weighted by Gasteiger charge is -2.26. The van der Waals surface area contributed by atoms with Crippen LogP contribution in [-0.4, -0.2) is 61.1 Å². The number of hydrogen-bond donors (Lipinski definition) is 5. The van der Waals surface area contributed by atoms with Crippen molar-refractivity contribution in [1.29, 1.82) is 0 Å². The fourth-order valence-corrected chi connectivity index (χ4v) is 3.28. The quantitative estimate of drug-likeness (QED) is 0.246. The van der Waals surface area contributed by atoms with E-state index >= 15 is 0 Å². The maximum absolute atomic E-state index is 13.4. The number of carboxylic acid groups (broad SMARTS) is 1. The fraction of sp³-hybridized carbons (Fsp3) is 0.583. The molecule has 2 unspecified atom stereocenters. The summed E-state index contributed by atoms with van der Waals surface area (Å²) in [5.74, 6) is -2.71. The molecule has 0 heterocycles. The first-order chi connectivity index (χ1) is 16.5. The molecular formula is C24H38N4O7. The Kier molecular flexibility index (Phi) is 11.8. The molecule has 1 aromatic carbocycles. The van der Waals surface area contributed by atoms with Gasteiger partial charge in [-0.25, -0.2) is 4.79 Å². The van der Waals surface area contributed by atoms with E-state index in [2.05, 4.69) is 16.0 Å². The van der Waals surface area contributed by atoms with E-state index in [0.717, 1.165) is 6.42 Å². The Morgan fingerprint density at radius 1 is 1.00 bits per heavy atom. The van der Waals surface area contributed by atoms with Crippen LogP contribution in [0.3, 0.4) is 0 Å². The van der Waals surface area contributed by atoms with Crippen molar-refractivity contribution in [3.63, 3.8) is 0 Å². The van der Waals surface area contributed by atoms with Gasteiger partial charge in [0.05, 0.1) is 25.5 Å². The van der Waals surface area contributed by atoms with Crippen molar-refractivity contribution < 1.29 is 33.8 Å². The molecule has 0 saturated heterocycles. The van der Waals surface area contributed by atoms with Crippen molar-refractivity contribution in [3.05, 3.63) is 17.7 Å². The first-order valence-corrected chi connectivity index (χ1v) is 11.6. The first kappa shape index (κ1) is 29.5. The first-order valence-electron chi connectivity index (χ1n) is 11.6. The van der Waals surface area contributed by atoms with Crippen LogP contribution in [0.1, 0.15) is 63.7 Å². The maximum Gasteiger partial charge on any atom is 0.326 e. The van der Waals surface area contributed by atoms with Gasteiger partial charge < -0.3 is 36.3 Å². The fourth-order valence-electron chi connectivity index (χ4n) is 3.28. The molecule has 0 aromatic heterocycles. The zero-order valence-electron chi connectivity index (χ0n) is 21.3. The van der Waals surface area contributed by atoms with Gasteiger partial charge in [-0.2, -0.15) is 0 Å². The molecule has 3 amide bonds. The molecule has 0 fully saturated rings. The lowest BCUT2D eigenvalue weighted by Crippen LogP contribution is -2.54. The van der Waals surface area contributed by atoms with Crippen molar-refractivity contribution in [2.45, 2.75) is 71.5 Å². The van der Waals surface area contributed by atoms with Crippen molar-refractivity contribution in [1.82, 2.24) is 10.6 Å². The predicted octanol–water partition coefficient (Wildman–Crippen LogP) is 1.89. The Hall–Kier alpha value is -3.50. The summed E-state index contributed by atoms with van der Waals surface area (Å²) in [7, 11) is 2.94. The van der Waals surface area contributed by atoms with Gasteiger partial charge in [0.2, 0.25) is 11.8 Å². The highest BCUT2D eigenvalue weighted by molar-refractivity contribution is 6.03. The molecular weight excluding hydrogens is 456 g/mol. The average Bonchev–Trinajstić information content (AvgIpc) is 2.83. The van der Waals surface area contributed by atoms with Crippen molar-refractivity contribution in [2.24, 2.45) is 11.7 Å². The van der Waals surface area contributed by atoms with Crippen LogP contribution in [0.2, 0.25) is 0 Å². The highest BCUT2D eigenvalue weighted by atomic mass is 16.5. The molecule has 196 valence electrons. The van der Waals surface area contributed by atoms with Crippen molar-refractivity contribution in [2.75, 3.05) is 19.5 Å². The van der Waals surface area contributed by atoms with Crippen LogP contribution in [0.5, 0.6) is 11.5 Å². The number of ether oxygens (including phenoxy) is 2. The van der Waals surface area contributed by atoms with E-state index in [1.54, 1.807) is 13.0 Å². The van der Waals surface area contributed by atoms with Crippen LogP contribution >= 0.6 is 0 Å². The van der Waals surface area contributed by atoms with Crippen LogP contribution in [0.4, 0.5) is 5.69 Å². The number of carbonyl (C=O) groups excluding carboxylic acids is 3. The van der Waals surface area contributed by atoms with Crippen LogP contribution in [0.25, 0.3) is 0 Å². The van der Waals surface area contributed by atoms with Gasteiger partial charge in [0.15, 0.2) is 11.5 Å². The van der Waals surface area contributed by atoms with Gasteiger partial charge in [-0.1, -0.05) is 27.2 Å². The van der Waals surface area contributed by atoms with Gasteiger partial charge in [0.25, 0.3) is 5.91 Å². The molecule has 0 aliphatic carbocycles. The summed E-state index contributed by atoms with van der Waals surface area (Å²) in [4.78, 5) is 49.0. The second-order valence-corrected chi connectivity index (χ2v) is 8.45. The number of nitrogens with two attached hydrogens (primary N) is 1. The monoisotopic (exact) mass is 494 g/mol. The van der Waals surface area contributed by atoms with E-state index in [9.17, 15) is 24.3 Å². The van der Waals surface area contributed by atoms with Gasteiger partial charge in [-0.05, 0) is 31.7 Å². The summed E-state index contributed by atoms with van der Waals surface area (Å²) in [6.45, 7) is 7.59. The summed E-state index contributed by atoms with van der Waals surface area (Å²) in [6, 6.07) is 0.893. The molecule has 0 radical (unpaired) electrons. The lowest BCUT2D eigenvalue weighted by molar-refractivity contribution is -0.142. The number of carboxylic acids is 1. The number of amides is 3. The molecule has 11 heteroatoms. The van der Waals surface area contributed by atoms with Crippen LogP contribution in [-0.2, 0) is 14.4 Å². The molecule has 0 aliphatic rings. The molecule has 0 saturated carbocycles. The van der Waals surface area contributed by atoms with E-state index in [1.165, 1.54) is 20.3 Å². The minimum atomic E-state index is -1.32. The third kappa shape index (κ3) is 8.66. The Morgan fingerprint density at radius 3 is 2.09 bits per heavy atom. The van der Waals surface area contributed by atoms with Crippen molar-refractivity contribution >= 4 is 29.4 Å². The predicted molar refractivity (Wildman–Crippen MR) is 132 cm³/mol. The maximum atomic E-state index is 13.4. The molecule has 1 rings (SSSR count). The van der Waals surface area contributed by atoms with E-state index < -0.39 is 35.8 Å². The van der Waals surface area contributed by atoms with Crippen molar-refractivity contribution in [3.8, 4) is 11.5 Å². The van der Waals surface area contributed by atoms with Crippen LogP contribution in [0.15, 0.2) is 12.1 Å². The zero-order chi connectivity index (χ0) is 26.7. The zero-order valence-corrected chi connectivity index (χ0v) is 21.3. The Balaban J connectivity index is 3.28. The summed E-state index contributed by atoms with van der Waals surface area (Å²) in [5, 5.41) is 17.9. The minimum Gasteiger partial charge on any atom is -0.493 e. The number of anilines is 1. The molecule has 11 nitrogen and oxygen atoms in total. The number of hydrogen-bond acceptors (Lipinski definition) is 7. The average molecular weight is 495 g/mol. The van der Waals surface area contributed by atoms with Gasteiger partial charge in [-0.15, -0.1) is 0 Å². The summed E-state index contributed by atoms with van der Waals surface area (Å²) < 4.78 is 10.7. The van der Waals surface area contributed by atoms with Crippen LogP contribution in [0, 0.1) is 5.92 Å². The van der Waals surface area contributed by atoms with Gasteiger partial charge >= 0.3 is 5.97 Å². The number of aliphatic carboxylic acids is 1. The third-order valence-electron chi connectivity index (χ3n) is 5.86. The smallest absolute Gasteiger partial charge is 0.326 e. The van der Waals surface area contributed by atoms with E-state index in [-0.39, 0.29) is 30.4 Å². The van der Waals surface area contributed by atoms with Crippen LogP contribution < -0.4 is 31.2 Å².